The lowest BCUT2D eigenvalue weighted by Gasteiger charge is -2.33. The van der Waals surface area contributed by atoms with Crippen LogP contribution in [0, 0.1) is 0 Å². The Morgan fingerprint density at radius 2 is 1.80 bits per heavy atom. The number of nitrogens with one attached hydrogen (secondary N) is 1. The highest BCUT2D eigenvalue weighted by Crippen LogP contribution is 2.28. The molecule has 3 atom stereocenters. The molecule has 1 saturated heterocycles. The highest BCUT2D eigenvalue weighted by atomic mass is 16.5. The van der Waals surface area contributed by atoms with Gasteiger partial charge in [-0.15, -0.1) is 0 Å². The van der Waals surface area contributed by atoms with E-state index in [2.05, 4.69) is 77.8 Å². The van der Waals surface area contributed by atoms with Crippen molar-refractivity contribution in [2.24, 2.45) is 0 Å². The number of hydrogen-bond donors (Lipinski definition) is 1. The molecule has 2 unspecified atom stereocenters. The molecule has 0 spiro atoms. The Hall–Kier alpha value is -2.17. The van der Waals surface area contributed by atoms with Crippen LogP contribution in [0.1, 0.15) is 50.2 Å². The van der Waals surface area contributed by atoms with Gasteiger partial charge in [0.15, 0.2) is 0 Å². The summed E-state index contributed by atoms with van der Waals surface area (Å²) in [5, 5.41) is 3.82. The summed E-state index contributed by atoms with van der Waals surface area (Å²) in [5.41, 5.74) is 2.70. The smallest absolute Gasteiger partial charge is 0.323 e. The number of carbonyl (C=O) groups is 1. The van der Waals surface area contributed by atoms with Gasteiger partial charge in [0.1, 0.15) is 6.04 Å². The van der Waals surface area contributed by atoms with E-state index in [0.717, 1.165) is 45.3 Å². The van der Waals surface area contributed by atoms with Gasteiger partial charge in [-0.1, -0.05) is 67.6 Å². The number of rotatable bonds is 11. The fraction of sp³-hybridized carbons (Fsp3) is 0.500. The van der Waals surface area contributed by atoms with Crippen LogP contribution in [-0.4, -0.2) is 49.2 Å². The number of likely N-dealkylation sites (tertiary alicyclic amines) is 1. The first-order valence-electron chi connectivity index (χ1n) is 11.5. The number of hydrogen-bond acceptors (Lipinski definition) is 4. The topological polar surface area (TPSA) is 41.6 Å². The van der Waals surface area contributed by atoms with E-state index in [1.54, 1.807) is 0 Å². The van der Waals surface area contributed by atoms with Crippen molar-refractivity contribution in [3.05, 3.63) is 71.8 Å². The predicted octanol–water partition coefficient (Wildman–Crippen LogP) is 4.41. The van der Waals surface area contributed by atoms with E-state index in [1.807, 2.05) is 6.92 Å². The highest BCUT2D eigenvalue weighted by molar-refractivity contribution is 5.76. The predicted molar refractivity (Wildman–Crippen MR) is 123 cm³/mol. The number of ether oxygens (including phenoxy) is 1. The van der Waals surface area contributed by atoms with E-state index in [4.69, 9.17) is 4.74 Å². The molecule has 30 heavy (non-hydrogen) atoms. The van der Waals surface area contributed by atoms with Crippen LogP contribution in [0.2, 0.25) is 0 Å². The van der Waals surface area contributed by atoms with Gasteiger partial charge in [-0.05, 0) is 56.8 Å². The van der Waals surface area contributed by atoms with Gasteiger partial charge < -0.3 is 10.1 Å². The maximum atomic E-state index is 12.5. The van der Waals surface area contributed by atoms with Gasteiger partial charge in [0, 0.05) is 18.5 Å². The van der Waals surface area contributed by atoms with Gasteiger partial charge in [-0.3, -0.25) is 9.69 Å². The summed E-state index contributed by atoms with van der Waals surface area (Å²) >= 11 is 0. The molecule has 0 bridgehead atoms. The third-order valence-corrected chi connectivity index (χ3v) is 6.17. The molecule has 1 fully saturated rings. The second-order valence-electron chi connectivity index (χ2n) is 8.13. The van der Waals surface area contributed by atoms with Crippen LogP contribution in [0.4, 0.5) is 0 Å². The van der Waals surface area contributed by atoms with Crippen molar-refractivity contribution >= 4 is 5.97 Å². The van der Waals surface area contributed by atoms with E-state index in [-0.39, 0.29) is 12.0 Å². The van der Waals surface area contributed by atoms with Gasteiger partial charge in [0.05, 0.1) is 6.61 Å². The average molecular weight is 409 g/mol. The Labute approximate surface area is 181 Å². The Morgan fingerprint density at radius 3 is 2.47 bits per heavy atom. The lowest BCUT2D eigenvalue weighted by molar-refractivity contribution is -0.148. The second kappa shape index (κ2) is 11.9. The normalized spacial score (nSPS) is 18.8. The summed E-state index contributed by atoms with van der Waals surface area (Å²) in [5.74, 6) is 0.272. The van der Waals surface area contributed by atoms with Gasteiger partial charge in [0.2, 0.25) is 0 Å². The average Bonchev–Trinajstić information content (AvgIpc) is 3.25. The molecule has 1 N–H and O–H groups in total. The van der Waals surface area contributed by atoms with Crippen molar-refractivity contribution in [2.45, 2.75) is 57.5 Å². The third-order valence-electron chi connectivity index (χ3n) is 6.17. The molecule has 1 heterocycles. The summed E-state index contributed by atoms with van der Waals surface area (Å²) < 4.78 is 5.35. The molecule has 1 aliphatic rings. The Morgan fingerprint density at radius 1 is 1.10 bits per heavy atom. The summed E-state index contributed by atoms with van der Waals surface area (Å²) in [7, 11) is 0. The van der Waals surface area contributed by atoms with Gasteiger partial charge >= 0.3 is 5.97 Å². The van der Waals surface area contributed by atoms with Gasteiger partial charge in [0.25, 0.3) is 0 Å². The van der Waals surface area contributed by atoms with Gasteiger partial charge in [-0.25, -0.2) is 0 Å². The van der Waals surface area contributed by atoms with E-state index < -0.39 is 0 Å². The van der Waals surface area contributed by atoms with Crippen LogP contribution in [0.25, 0.3) is 0 Å². The lowest BCUT2D eigenvalue weighted by atomic mass is 9.88. The summed E-state index contributed by atoms with van der Waals surface area (Å²) in [6.07, 6.45) is 4.03. The molecule has 4 heteroatoms. The second-order valence-corrected chi connectivity index (χ2v) is 8.13. The zero-order chi connectivity index (χ0) is 21.2. The molecule has 0 radical (unpaired) electrons. The van der Waals surface area contributed by atoms with Crippen LogP contribution in [0.5, 0.6) is 0 Å². The first-order valence-corrected chi connectivity index (χ1v) is 11.5. The van der Waals surface area contributed by atoms with Crippen LogP contribution >= 0.6 is 0 Å². The fourth-order valence-corrected chi connectivity index (χ4v) is 4.59. The van der Waals surface area contributed by atoms with Crippen molar-refractivity contribution in [2.75, 3.05) is 26.2 Å². The molecule has 4 nitrogen and oxygen atoms in total. The molecule has 3 rings (SSSR count). The maximum absolute atomic E-state index is 12.5. The van der Waals surface area contributed by atoms with Crippen LogP contribution in [0.3, 0.4) is 0 Å². The molecule has 2 aromatic carbocycles. The van der Waals surface area contributed by atoms with E-state index in [9.17, 15) is 4.79 Å². The molecule has 0 aromatic heterocycles. The zero-order valence-corrected chi connectivity index (χ0v) is 18.4. The van der Waals surface area contributed by atoms with Crippen molar-refractivity contribution in [3.8, 4) is 0 Å². The maximum Gasteiger partial charge on any atom is 0.323 e. The molecule has 0 saturated carbocycles. The van der Waals surface area contributed by atoms with E-state index >= 15 is 0 Å². The van der Waals surface area contributed by atoms with Crippen LogP contribution < -0.4 is 5.32 Å². The largest absolute Gasteiger partial charge is 0.465 e. The lowest BCUT2D eigenvalue weighted by Crippen LogP contribution is -2.45. The highest BCUT2D eigenvalue weighted by Gasteiger charge is 2.35. The molecule has 0 aliphatic carbocycles. The summed E-state index contributed by atoms with van der Waals surface area (Å²) in [6, 6.07) is 21.6. The molecular formula is C26H36N2O2. The number of carbonyl (C=O) groups excluding carboxylic acids is 1. The monoisotopic (exact) mass is 408 g/mol. The van der Waals surface area contributed by atoms with Crippen LogP contribution in [-0.2, 0) is 16.0 Å². The summed E-state index contributed by atoms with van der Waals surface area (Å²) in [6.45, 7) is 7.38. The molecule has 2 aromatic rings. The molecule has 0 amide bonds. The number of benzene rings is 2. The number of nitrogens with zero attached hydrogens (tertiary/aromatic N) is 1. The van der Waals surface area contributed by atoms with Crippen molar-refractivity contribution in [3.63, 3.8) is 0 Å². The molecule has 1 aliphatic heterocycles. The van der Waals surface area contributed by atoms with Crippen molar-refractivity contribution in [1.82, 2.24) is 10.2 Å². The fourth-order valence-electron chi connectivity index (χ4n) is 4.59. The molecular weight excluding hydrogens is 372 g/mol. The minimum atomic E-state index is -0.0991. The minimum absolute atomic E-state index is 0.0631. The van der Waals surface area contributed by atoms with Crippen molar-refractivity contribution < 1.29 is 9.53 Å². The van der Waals surface area contributed by atoms with Crippen molar-refractivity contribution in [1.29, 1.82) is 0 Å². The van der Waals surface area contributed by atoms with Gasteiger partial charge in [-0.2, -0.15) is 0 Å². The summed E-state index contributed by atoms with van der Waals surface area (Å²) in [4.78, 5) is 14.8. The first kappa shape index (κ1) is 22.5. The zero-order valence-electron chi connectivity index (χ0n) is 18.4. The van der Waals surface area contributed by atoms with E-state index in [1.165, 1.54) is 11.1 Å². The quantitative estimate of drug-likeness (QED) is 0.559. The molecule has 162 valence electrons. The first-order chi connectivity index (χ1) is 14.7. The van der Waals surface area contributed by atoms with Crippen LogP contribution in [0.15, 0.2) is 60.7 Å². The standard InChI is InChI=1S/C26H36N2O2/c1-3-24(27-18-17-21-12-7-5-8-13-21)23(22-14-9-6-10-15-22)20-28-19-11-16-25(28)26(29)30-4-2/h5-10,12-15,23-25,27H,3-4,11,16-20H2,1-2H3/t23?,24-,25?/m1/s1. The SMILES string of the molecule is CCOC(=O)C1CCCN1CC(c1ccccc1)[C@@H](CC)NCCc1ccccc1. The minimum Gasteiger partial charge on any atom is -0.465 e. The van der Waals surface area contributed by atoms with E-state index in [0.29, 0.717) is 18.6 Å². The Bertz CT molecular complexity index is 750. The third kappa shape index (κ3) is 6.16. The number of esters is 1. The Kier molecular flexibility index (Phi) is 8.91. The Balaban J connectivity index is 1.70.